The van der Waals surface area contributed by atoms with E-state index in [4.69, 9.17) is 18.8 Å². The Morgan fingerprint density at radius 1 is 1.18 bits per heavy atom. The van der Waals surface area contributed by atoms with Crippen molar-refractivity contribution < 1.29 is 36.8 Å². The first kappa shape index (κ1) is 33.1. The van der Waals surface area contributed by atoms with E-state index in [2.05, 4.69) is 20.1 Å². The zero-order chi connectivity index (χ0) is 29.7. The molecule has 0 aromatic carbocycles. The van der Waals surface area contributed by atoms with Gasteiger partial charge in [0.1, 0.15) is 5.60 Å². The number of hydrogen-bond donors (Lipinski definition) is 2. The van der Waals surface area contributed by atoms with Crippen molar-refractivity contribution in [2.45, 2.75) is 96.9 Å². The van der Waals surface area contributed by atoms with E-state index in [0.29, 0.717) is 19.2 Å². The lowest BCUT2D eigenvalue weighted by atomic mass is 9.78. The first-order chi connectivity index (χ1) is 17.9. The predicted octanol–water partition coefficient (Wildman–Crippen LogP) is 2.76. The van der Waals surface area contributed by atoms with Crippen molar-refractivity contribution in [2.75, 3.05) is 32.8 Å². The third-order valence-electron chi connectivity index (χ3n) is 7.08. The second-order valence-electron chi connectivity index (χ2n) is 11.8. The van der Waals surface area contributed by atoms with Gasteiger partial charge in [0.05, 0.1) is 17.8 Å². The van der Waals surface area contributed by atoms with Gasteiger partial charge in [-0.15, -0.1) is 0 Å². The van der Waals surface area contributed by atoms with E-state index in [-0.39, 0.29) is 32.8 Å². The van der Waals surface area contributed by atoms with Crippen LogP contribution in [-0.4, -0.2) is 87.0 Å². The third-order valence-corrected chi connectivity index (χ3v) is 8.61. The van der Waals surface area contributed by atoms with Crippen molar-refractivity contribution >= 4 is 29.4 Å². The van der Waals surface area contributed by atoms with Crippen LogP contribution < -0.4 is 10.0 Å². The number of ether oxygens (including phenoxy) is 2. The molecule has 2 aliphatic heterocycles. The lowest BCUT2D eigenvalue weighted by Gasteiger charge is -2.32. The zero-order valence-electron chi connectivity index (χ0n) is 24.3. The van der Waals surface area contributed by atoms with Crippen LogP contribution in [0.3, 0.4) is 0 Å². The Bertz CT molecular complexity index is 1030. The minimum Gasteiger partial charge on any atom is -0.465 e. The summed E-state index contributed by atoms with van der Waals surface area (Å²) in [7, 11) is -4.54. The van der Waals surface area contributed by atoms with Gasteiger partial charge in [-0.3, -0.25) is 4.79 Å². The summed E-state index contributed by atoms with van der Waals surface area (Å²) >= 11 is 0. The molecule has 0 spiro atoms. The highest BCUT2D eigenvalue weighted by Crippen LogP contribution is 2.40. The van der Waals surface area contributed by atoms with Crippen LogP contribution in [0.1, 0.15) is 68.2 Å². The van der Waals surface area contributed by atoms with Crippen molar-refractivity contribution in [1.29, 1.82) is 0 Å². The summed E-state index contributed by atoms with van der Waals surface area (Å²) in [4.78, 5) is 27.7. The standard InChI is InChI=1S/C23H43BN6O8S/c1-9-35-18(31)23(28-29-25)16-30(39(33,34)27-14-13-26-19(32)36-20(2,3)4)15-17(23)11-10-12-24-37-21(5,6)22(7,8)38-24/h17,27H,9-16H2,1-8H3,(H,26,32)/t17-,23-/m1/s1. The van der Waals surface area contributed by atoms with Gasteiger partial charge in [0, 0.05) is 31.1 Å². The van der Waals surface area contributed by atoms with Crippen LogP contribution in [0.15, 0.2) is 5.11 Å². The first-order valence-electron chi connectivity index (χ1n) is 13.2. The SMILES string of the molecule is CCOC(=O)[C@@]1(N=[N+]=[N-])CN(S(=O)(=O)NCCNC(=O)OC(C)(C)C)C[C@H]1CCCB1OC(C)(C)C(C)(C)O1. The van der Waals surface area contributed by atoms with E-state index < -0.39 is 57.7 Å². The molecule has 0 unspecified atom stereocenters. The Morgan fingerprint density at radius 2 is 1.79 bits per heavy atom. The van der Waals surface area contributed by atoms with Crippen LogP contribution in [-0.2, 0) is 33.8 Å². The summed E-state index contributed by atoms with van der Waals surface area (Å²) in [5, 5.41) is 6.28. The van der Waals surface area contributed by atoms with Crippen LogP contribution in [0.25, 0.3) is 10.4 Å². The Morgan fingerprint density at radius 3 is 2.33 bits per heavy atom. The molecule has 0 aromatic rings. The van der Waals surface area contributed by atoms with Gasteiger partial charge in [-0.05, 0) is 79.6 Å². The second-order valence-corrected chi connectivity index (χ2v) is 13.5. The Balaban J connectivity index is 2.09. The first-order valence-corrected chi connectivity index (χ1v) is 14.6. The Kier molecular flexibility index (Phi) is 10.7. The highest BCUT2D eigenvalue weighted by Gasteiger charge is 2.56. The van der Waals surface area contributed by atoms with Gasteiger partial charge in [0.2, 0.25) is 0 Å². The molecule has 1 amide bonds. The minimum absolute atomic E-state index is 0.0150. The number of esters is 1. The average Bonchev–Trinajstić information content (AvgIpc) is 3.25. The molecule has 0 bridgehead atoms. The number of nitrogens with one attached hydrogen (secondary N) is 2. The molecule has 2 heterocycles. The molecule has 16 heteroatoms. The van der Waals surface area contributed by atoms with Crippen molar-refractivity contribution in [3.05, 3.63) is 10.4 Å². The molecule has 14 nitrogen and oxygen atoms in total. The molecule has 222 valence electrons. The largest absolute Gasteiger partial charge is 0.465 e. The van der Waals surface area contributed by atoms with Gasteiger partial charge in [-0.1, -0.05) is 11.5 Å². The maximum absolute atomic E-state index is 13.1. The van der Waals surface area contributed by atoms with Crippen LogP contribution >= 0.6 is 0 Å². The smallest absolute Gasteiger partial charge is 0.457 e. The fraction of sp³-hybridized carbons (Fsp3) is 0.913. The fourth-order valence-electron chi connectivity index (χ4n) is 4.46. The molecule has 0 saturated carbocycles. The summed E-state index contributed by atoms with van der Waals surface area (Å²) in [6, 6.07) is 0. The summed E-state index contributed by atoms with van der Waals surface area (Å²) in [5.41, 5.74) is 5.93. The molecule has 2 atom stereocenters. The van der Waals surface area contributed by atoms with Gasteiger partial charge < -0.3 is 24.1 Å². The summed E-state index contributed by atoms with van der Waals surface area (Å²) in [5.74, 6) is -1.40. The van der Waals surface area contributed by atoms with E-state index in [1.165, 1.54) is 0 Å². The zero-order valence-corrected chi connectivity index (χ0v) is 25.1. The summed E-state index contributed by atoms with van der Waals surface area (Å²) < 4.78 is 52.1. The van der Waals surface area contributed by atoms with Gasteiger partial charge in [0.25, 0.3) is 10.2 Å². The number of alkyl carbamates (subject to hydrolysis) is 1. The average molecular weight is 575 g/mol. The molecular weight excluding hydrogens is 531 g/mol. The second kappa shape index (κ2) is 12.6. The van der Waals surface area contributed by atoms with Crippen molar-refractivity contribution in [3.8, 4) is 0 Å². The molecular formula is C23H43BN6O8S. The molecule has 2 rings (SSSR count). The maximum Gasteiger partial charge on any atom is 0.457 e. The lowest BCUT2D eigenvalue weighted by molar-refractivity contribution is -0.150. The number of rotatable bonds is 12. The monoisotopic (exact) mass is 574 g/mol. The number of nitrogens with zero attached hydrogens (tertiary/aromatic N) is 4. The van der Waals surface area contributed by atoms with Gasteiger partial charge >= 0.3 is 19.2 Å². The highest BCUT2D eigenvalue weighted by atomic mass is 32.2. The van der Waals surface area contributed by atoms with Gasteiger partial charge in [-0.25, -0.2) is 9.52 Å². The van der Waals surface area contributed by atoms with E-state index >= 15 is 0 Å². The van der Waals surface area contributed by atoms with Crippen LogP contribution in [0.2, 0.25) is 6.32 Å². The number of hydrogen-bond acceptors (Lipinski definition) is 9. The molecule has 0 aromatic heterocycles. The van der Waals surface area contributed by atoms with Crippen LogP contribution in [0.4, 0.5) is 4.79 Å². The summed E-state index contributed by atoms with van der Waals surface area (Å²) in [6.07, 6.45) is 0.744. The minimum atomic E-state index is -4.08. The van der Waals surface area contributed by atoms with Gasteiger partial charge in [0.15, 0.2) is 5.54 Å². The quantitative estimate of drug-likeness (QED) is 0.0891. The van der Waals surface area contributed by atoms with E-state index in [9.17, 15) is 23.5 Å². The molecule has 2 saturated heterocycles. The Labute approximate surface area is 231 Å². The van der Waals surface area contributed by atoms with Crippen molar-refractivity contribution in [1.82, 2.24) is 14.3 Å². The van der Waals surface area contributed by atoms with Crippen LogP contribution in [0.5, 0.6) is 0 Å². The van der Waals surface area contributed by atoms with Gasteiger partial charge in [-0.2, -0.15) is 12.7 Å². The molecule has 0 radical (unpaired) electrons. The fourth-order valence-corrected chi connectivity index (χ4v) is 5.74. The van der Waals surface area contributed by atoms with Crippen molar-refractivity contribution in [3.63, 3.8) is 0 Å². The van der Waals surface area contributed by atoms with E-state index in [1.54, 1.807) is 27.7 Å². The number of carbonyl (C=O) groups excluding carboxylic acids is 2. The molecule has 2 N–H and O–H groups in total. The lowest BCUT2D eigenvalue weighted by Crippen LogP contribution is -2.48. The molecule has 39 heavy (non-hydrogen) atoms. The Hall–Kier alpha value is -2.10. The van der Waals surface area contributed by atoms with Crippen molar-refractivity contribution in [2.24, 2.45) is 11.0 Å². The predicted molar refractivity (Wildman–Crippen MR) is 145 cm³/mol. The van der Waals surface area contributed by atoms with E-state index in [1.807, 2.05) is 27.7 Å². The number of azide groups is 1. The topological polar surface area (TPSA) is 181 Å². The normalized spacial score (nSPS) is 24.7. The van der Waals surface area contributed by atoms with E-state index in [0.717, 1.165) is 4.31 Å². The maximum atomic E-state index is 13.1. The molecule has 2 aliphatic rings. The molecule has 2 fully saturated rings. The molecule has 0 aliphatic carbocycles. The summed E-state index contributed by atoms with van der Waals surface area (Å²) in [6.45, 7) is 14.1. The number of amides is 1. The van der Waals surface area contributed by atoms with Crippen LogP contribution in [0, 0.1) is 5.92 Å². The third kappa shape index (κ3) is 8.45. The number of carbonyl (C=O) groups is 2. The highest BCUT2D eigenvalue weighted by molar-refractivity contribution is 7.87.